The molecule has 2 aliphatic carbocycles. The van der Waals surface area contributed by atoms with E-state index in [2.05, 4.69) is 0 Å². The molecule has 4 saturated heterocycles. The number of thioether (sulfide) groups is 2. The number of hydrogen-bond donors (Lipinski definition) is 2. The fourth-order valence-corrected chi connectivity index (χ4v) is 8.03. The Morgan fingerprint density at radius 1 is 0.781 bits per heavy atom. The SMILES string of the molecule is CSCCC1(N)C(=O)OC2CCC(CC2)[N+]12C1CCC(CC1)OC(=O)C2(N)CCSC.[Cl-]. The maximum atomic E-state index is 13.8. The Kier molecular flexibility index (Phi) is 8.42. The highest BCUT2D eigenvalue weighted by atomic mass is 35.5. The molecule has 6 fully saturated rings. The lowest BCUT2D eigenvalue weighted by atomic mass is 9.74. The molecular weight excluding hydrogens is 470 g/mol. The summed E-state index contributed by atoms with van der Waals surface area (Å²) < 4.78 is 12.2. The Balaban J connectivity index is 0.00000289. The molecule has 0 aromatic rings. The van der Waals surface area contributed by atoms with Gasteiger partial charge in [-0.1, -0.05) is 0 Å². The molecule has 4 aliphatic heterocycles. The van der Waals surface area contributed by atoms with Crippen LogP contribution in [0.2, 0.25) is 0 Å². The number of halogens is 1. The standard InChI is InChI=1S/C22H38N3O4S2.ClH/c1-30-13-11-21(23)19(26)28-17-7-3-15(4-8-17)25(21)16-5-9-18(10-6-16)29-20(27)22(25,24)12-14-31-2;/h15-18H,3-14,23-24H2,1-2H3;1H/q+1;/p-1. The van der Waals surface area contributed by atoms with E-state index in [4.69, 9.17) is 20.9 Å². The number of carbonyl (C=O) groups excluding carboxylic acids is 2. The number of rotatable bonds is 6. The van der Waals surface area contributed by atoms with Crippen molar-refractivity contribution >= 4 is 35.5 Å². The second-order valence-corrected chi connectivity index (χ2v) is 11.8. The van der Waals surface area contributed by atoms with Gasteiger partial charge in [-0.2, -0.15) is 23.5 Å². The van der Waals surface area contributed by atoms with E-state index in [1.54, 1.807) is 23.5 Å². The summed E-state index contributed by atoms with van der Waals surface area (Å²) in [6, 6.07) is 0.130. The van der Waals surface area contributed by atoms with Crippen LogP contribution in [-0.2, 0) is 19.1 Å². The average molecular weight is 508 g/mol. The minimum absolute atomic E-state index is 0. The summed E-state index contributed by atoms with van der Waals surface area (Å²) in [7, 11) is 0. The second-order valence-electron chi connectivity index (χ2n) is 9.78. The molecular formula is C22H38ClN3O4S2. The van der Waals surface area contributed by atoms with Crippen molar-refractivity contribution in [2.75, 3.05) is 24.0 Å². The van der Waals surface area contributed by atoms with Gasteiger partial charge in [0.25, 0.3) is 11.3 Å². The molecule has 10 heteroatoms. The monoisotopic (exact) mass is 507 g/mol. The number of ether oxygens (including phenoxy) is 2. The topological polar surface area (TPSA) is 105 Å². The minimum atomic E-state index is -1.35. The minimum Gasteiger partial charge on any atom is -1.00 e. The lowest BCUT2D eigenvalue weighted by Crippen LogP contribution is -3.00. The number of nitrogens with two attached hydrogens (primary N) is 2. The molecule has 4 heterocycles. The van der Waals surface area contributed by atoms with Crippen LogP contribution in [0.5, 0.6) is 0 Å². The van der Waals surface area contributed by atoms with Crippen molar-refractivity contribution in [1.29, 1.82) is 0 Å². The van der Waals surface area contributed by atoms with Crippen molar-refractivity contribution in [3.8, 4) is 0 Å². The van der Waals surface area contributed by atoms with E-state index in [0.29, 0.717) is 24.3 Å². The van der Waals surface area contributed by atoms with Crippen molar-refractivity contribution in [3.05, 3.63) is 0 Å². The molecule has 1 spiro atoms. The Labute approximate surface area is 206 Å². The van der Waals surface area contributed by atoms with Gasteiger partial charge in [-0.05, 0) is 38.2 Å². The van der Waals surface area contributed by atoms with Crippen LogP contribution in [0.25, 0.3) is 0 Å². The highest BCUT2D eigenvalue weighted by Crippen LogP contribution is 2.53. The van der Waals surface area contributed by atoms with Crippen molar-refractivity contribution in [1.82, 2.24) is 0 Å². The van der Waals surface area contributed by atoms with Crippen molar-refractivity contribution in [2.45, 2.75) is 99.8 Å². The van der Waals surface area contributed by atoms with Gasteiger partial charge in [-0.15, -0.1) is 0 Å². The fourth-order valence-electron chi connectivity index (χ4n) is 7.00. The van der Waals surface area contributed by atoms with Gasteiger partial charge in [-0.3, -0.25) is 16.0 Å². The highest BCUT2D eigenvalue weighted by molar-refractivity contribution is 7.98. The van der Waals surface area contributed by atoms with Gasteiger partial charge in [0, 0.05) is 50.0 Å². The van der Waals surface area contributed by atoms with Gasteiger partial charge < -0.3 is 21.9 Å². The largest absolute Gasteiger partial charge is 1.00 e. The molecule has 0 aromatic carbocycles. The first-order valence-corrected chi connectivity index (χ1v) is 14.5. The van der Waals surface area contributed by atoms with Crippen LogP contribution >= 0.6 is 23.5 Å². The van der Waals surface area contributed by atoms with Crippen LogP contribution in [0.3, 0.4) is 0 Å². The number of quaternary nitrogens is 1. The van der Waals surface area contributed by atoms with Crippen LogP contribution in [-0.4, -0.2) is 76.1 Å². The third-order valence-electron chi connectivity index (χ3n) is 8.39. The molecule has 4 N–H and O–H groups in total. The number of fused-ring (bicyclic) bond motifs is 8. The second kappa shape index (κ2) is 10.2. The molecule has 2 saturated carbocycles. The lowest BCUT2D eigenvalue weighted by molar-refractivity contribution is -1.05. The summed E-state index contributed by atoms with van der Waals surface area (Å²) in [6.45, 7) is 0. The van der Waals surface area contributed by atoms with Crippen LogP contribution in [0.15, 0.2) is 0 Å². The van der Waals surface area contributed by atoms with Crippen LogP contribution in [0.4, 0.5) is 0 Å². The van der Waals surface area contributed by atoms with E-state index in [-0.39, 0.29) is 53.1 Å². The van der Waals surface area contributed by atoms with Gasteiger partial charge in [-0.25, -0.2) is 9.59 Å². The van der Waals surface area contributed by atoms with Crippen molar-refractivity contribution in [3.63, 3.8) is 0 Å². The third kappa shape index (κ3) is 3.88. The zero-order valence-corrected chi connectivity index (χ0v) is 21.6. The molecule has 0 aromatic heterocycles. The maximum absolute atomic E-state index is 13.8. The molecule has 0 radical (unpaired) electrons. The summed E-state index contributed by atoms with van der Waals surface area (Å²) in [4.78, 5) is 27.6. The molecule has 32 heavy (non-hydrogen) atoms. The summed E-state index contributed by atoms with van der Waals surface area (Å²) in [5.74, 6) is 0.689. The molecule has 7 nitrogen and oxygen atoms in total. The normalized spacial score (nSPS) is 43.5. The molecule has 184 valence electrons. The first-order valence-electron chi connectivity index (χ1n) is 11.7. The quantitative estimate of drug-likeness (QED) is 0.361. The van der Waals surface area contributed by atoms with Crippen molar-refractivity contribution < 1.29 is 36.0 Å². The zero-order chi connectivity index (χ0) is 22.3. The number of esters is 2. The van der Waals surface area contributed by atoms with Gasteiger partial charge in [0.1, 0.15) is 12.2 Å². The highest BCUT2D eigenvalue weighted by Gasteiger charge is 2.74. The predicted octanol–water partition coefficient (Wildman–Crippen LogP) is -0.641. The van der Waals surface area contributed by atoms with Gasteiger partial charge in [0.15, 0.2) is 0 Å². The first-order chi connectivity index (χ1) is 14.8. The molecule has 2 unspecified atom stereocenters. The Hall–Kier alpha value is -0.190. The van der Waals surface area contributed by atoms with E-state index in [9.17, 15) is 9.59 Å². The molecule has 6 aliphatic rings. The van der Waals surface area contributed by atoms with E-state index >= 15 is 0 Å². The van der Waals surface area contributed by atoms with Crippen molar-refractivity contribution in [2.24, 2.45) is 11.5 Å². The predicted molar refractivity (Wildman–Crippen MR) is 124 cm³/mol. The first kappa shape index (κ1) is 26.4. The third-order valence-corrected chi connectivity index (χ3v) is 9.61. The van der Waals surface area contributed by atoms with E-state index < -0.39 is 11.3 Å². The summed E-state index contributed by atoms with van der Waals surface area (Å²) >= 11 is 3.33. The zero-order valence-electron chi connectivity index (χ0n) is 19.2. The maximum Gasteiger partial charge on any atom is 0.384 e. The van der Waals surface area contributed by atoms with Crippen LogP contribution < -0.4 is 23.9 Å². The van der Waals surface area contributed by atoms with E-state index in [0.717, 1.165) is 51.4 Å². The molecule has 6 rings (SSSR count). The Morgan fingerprint density at radius 2 is 1.12 bits per heavy atom. The van der Waals surface area contributed by atoms with Gasteiger partial charge >= 0.3 is 11.9 Å². The smallest absolute Gasteiger partial charge is 0.384 e. The fraction of sp³-hybridized carbons (Fsp3) is 0.909. The molecule has 0 amide bonds. The van der Waals surface area contributed by atoms with Gasteiger partial charge in [0.05, 0.1) is 12.1 Å². The summed E-state index contributed by atoms with van der Waals surface area (Å²) in [5.41, 5.74) is 11.8. The summed E-state index contributed by atoms with van der Waals surface area (Å²) in [6.07, 6.45) is 11.6. The Morgan fingerprint density at radius 3 is 1.44 bits per heavy atom. The molecule has 4 bridgehead atoms. The number of hydrogen-bond acceptors (Lipinski definition) is 8. The van der Waals surface area contributed by atoms with Crippen LogP contribution in [0.1, 0.15) is 64.2 Å². The number of nitrogens with zero attached hydrogens (tertiary/aromatic N) is 1. The average Bonchev–Trinajstić information content (AvgIpc) is 2.77. The molecule has 2 atom stereocenters. The van der Waals surface area contributed by atoms with E-state index in [1.807, 2.05) is 12.5 Å². The van der Waals surface area contributed by atoms with E-state index in [1.165, 1.54) is 0 Å². The lowest BCUT2D eigenvalue weighted by Gasteiger charge is -2.67. The van der Waals surface area contributed by atoms with Gasteiger partial charge in [0.2, 0.25) is 0 Å². The Bertz CT molecular complexity index is 643. The number of carbonyl (C=O) groups is 2. The summed E-state index contributed by atoms with van der Waals surface area (Å²) in [5, 5.41) is 0. The van der Waals surface area contributed by atoms with Crippen LogP contribution in [0, 0.1) is 0 Å².